The average Bonchev–Trinajstić information content (AvgIpc) is 3.84. The molecule has 8 rings (SSSR count). The molecule has 250 valence electrons. The third kappa shape index (κ3) is 5.37. The van der Waals surface area contributed by atoms with Crippen LogP contribution in [0.5, 0.6) is 5.75 Å². The highest BCUT2D eigenvalue weighted by Gasteiger charge is 2.69. The van der Waals surface area contributed by atoms with Crippen molar-refractivity contribution in [2.24, 2.45) is 29.6 Å². The number of benzene rings is 3. The lowest BCUT2D eigenvalue weighted by molar-refractivity contribution is -0.123. The van der Waals surface area contributed by atoms with Crippen molar-refractivity contribution in [1.82, 2.24) is 4.98 Å². The summed E-state index contributed by atoms with van der Waals surface area (Å²) in [4.78, 5) is 70.2. The van der Waals surface area contributed by atoms with Crippen LogP contribution in [0.1, 0.15) is 45.6 Å². The molecule has 2 aliphatic heterocycles. The van der Waals surface area contributed by atoms with Crippen LogP contribution in [0.2, 0.25) is 0 Å². The van der Waals surface area contributed by atoms with Crippen LogP contribution in [0.15, 0.2) is 82.6 Å². The molecule has 1 aromatic heterocycles. The molecule has 49 heavy (non-hydrogen) atoms. The molecule has 3 fully saturated rings. The van der Waals surface area contributed by atoms with E-state index in [1.165, 1.54) is 16.2 Å². The number of hydrogen-bond acceptors (Lipinski definition) is 9. The number of imide groups is 1. The first-order valence-corrected chi connectivity index (χ1v) is 18.1. The number of anilines is 2. The summed E-state index contributed by atoms with van der Waals surface area (Å²) in [5.74, 6) is -1.19. The highest BCUT2D eigenvalue weighted by atomic mass is 32.2. The Morgan fingerprint density at radius 1 is 0.918 bits per heavy atom. The monoisotopic (exact) mass is 695 g/mol. The Kier molecular flexibility index (Phi) is 7.95. The number of aromatic amines is 1. The van der Waals surface area contributed by atoms with Gasteiger partial charge >= 0.3 is 10.8 Å². The van der Waals surface area contributed by atoms with Crippen molar-refractivity contribution in [1.29, 1.82) is 0 Å². The third-order valence-electron chi connectivity index (χ3n) is 10.3. The second kappa shape index (κ2) is 12.3. The molecule has 3 aromatic carbocycles. The fraction of sp³-hybridized carbons (Fsp3) is 0.324. The van der Waals surface area contributed by atoms with Crippen LogP contribution in [-0.4, -0.2) is 47.1 Å². The number of thioether (sulfide) groups is 1. The lowest BCUT2D eigenvalue weighted by Crippen LogP contribution is -2.42. The van der Waals surface area contributed by atoms with Crippen molar-refractivity contribution >= 4 is 58.2 Å². The van der Waals surface area contributed by atoms with Gasteiger partial charge in [-0.1, -0.05) is 41.2 Å². The Morgan fingerprint density at radius 2 is 1.61 bits per heavy atom. The van der Waals surface area contributed by atoms with Crippen LogP contribution in [0.4, 0.5) is 11.4 Å². The van der Waals surface area contributed by atoms with Gasteiger partial charge in [0, 0.05) is 21.7 Å². The summed E-state index contributed by atoms with van der Waals surface area (Å²) >= 11 is 2.88. The molecule has 2 saturated carbocycles. The second-order valence-electron chi connectivity index (χ2n) is 13.0. The molecule has 4 unspecified atom stereocenters. The van der Waals surface area contributed by atoms with Gasteiger partial charge in [0.2, 0.25) is 11.8 Å². The number of esters is 1. The fourth-order valence-electron chi connectivity index (χ4n) is 8.36. The lowest BCUT2D eigenvalue weighted by atomic mass is 9.68. The highest BCUT2D eigenvalue weighted by molar-refractivity contribution is 8.00. The first-order chi connectivity index (χ1) is 23.7. The second-order valence-corrected chi connectivity index (χ2v) is 15.2. The zero-order valence-electron chi connectivity index (χ0n) is 26.7. The SMILES string of the molecule is CCOC(=O)c1ccc(NC(=O)COc2ccc([C@H]3c4sc(=O)[nH]c4SC4C3[C@H]3C[C@@H]4C4C(=O)N(c5ccc(C)cc5)C(=O)C43)cc2)cc1. The van der Waals surface area contributed by atoms with E-state index in [4.69, 9.17) is 9.47 Å². The number of fused-ring (bicyclic) bond motifs is 9. The minimum absolute atomic E-state index is 0.0146. The number of ether oxygens (including phenoxy) is 2. The summed E-state index contributed by atoms with van der Waals surface area (Å²) in [6.07, 6.45) is 0.814. The van der Waals surface area contributed by atoms with Gasteiger partial charge in [-0.05, 0) is 92.1 Å². The molecule has 7 atom stereocenters. The third-order valence-corrected chi connectivity index (χ3v) is 12.9. The molecule has 2 bridgehead atoms. The number of nitrogens with zero attached hydrogens (tertiary/aromatic N) is 1. The minimum Gasteiger partial charge on any atom is -0.484 e. The van der Waals surface area contributed by atoms with E-state index in [1.807, 2.05) is 55.5 Å². The molecule has 2 N–H and O–H groups in total. The standard InChI is InChI=1S/C37H33N3O7S2/c1-3-46-36(44)20-6-10-21(11-7-20)38-26(41)17-47-23-14-8-19(9-15-23)27-28-24-16-25(31(28)48-33-32(27)49-37(45)39-33)30-29(24)34(42)40(35(30)43)22-12-4-18(2)5-13-22/h4-15,24-25,27-31H,3,16-17H2,1-2H3,(H,38,41)(H,39,45)/t24-,25-,27-,28?,29?,30?,31?/m1/s1. The van der Waals surface area contributed by atoms with Crippen LogP contribution < -0.4 is 19.8 Å². The zero-order valence-corrected chi connectivity index (χ0v) is 28.3. The van der Waals surface area contributed by atoms with Gasteiger partial charge in [-0.25, -0.2) is 4.79 Å². The molecule has 2 aliphatic carbocycles. The number of thiazole rings is 1. The molecule has 3 amide bonds. The van der Waals surface area contributed by atoms with Crippen molar-refractivity contribution in [2.45, 2.75) is 36.5 Å². The molecule has 0 radical (unpaired) electrons. The number of carbonyl (C=O) groups excluding carboxylic acids is 4. The first-order valence-electron chi connectivity index (χ1n) is 16.4. The van der Waals surface area contributed by atoms with Crippen molar-refractivity contribution in [3.05, 3.63) is 104 Å². The predicted octanol–water partition coefficient (Wildman–Crippen LogP) is 5.62. The quantitative estimate of drug-likeness (QED) is 0.179. The number of aromatic nitrogens is 1. The first kappa shape index (κ1) is 31.6. The molecule has 4 aliphatic rings. The van der Waals surface area contributed by atoms with Crippen molar-refractivity contribution in [3.8, 4) is 5.75 Å². The molecule has 12 heteroatoms. The Labute approximate surface area is 290 Å². The maximum absolute atomic E-state index is 14.0. The Bertz CT molecular complexity index is 2020. The summed E-state index contributed by atoms with van der Waals surface area (Å²) in [6, 6.07) is 21.6. The predicted molar refractivity (Wildman–Crippen MR) is 185 cm³/mol. The van der Waals surface area contributed by atoms with E-state index in [0.29, 0.717) is 22.7 Å². The van der Waals surface area contributed by atoms with E-state index in [-0.39, 0.29) is 76.6 Å². The number of nitrogens with one attached hydrogen (secondary N) is 2. The summed E-state index contributed by atoms with van der Waals surface area (Å²) in [6.45, 7) is 3.78. The van der Waals surface area contributed by atoms with Crippen molar-refractivity contribution in [3.63, 3.8) is 0 Å². The van der Waals surface area contributed by atoms with Crippen LogP contribution >= 0.6 is 23.1 Å². The number of carbonyl (C=O) groups is 4. The van der Waals surface area contributed by atoms with Gasteiger partial charge in [0.05, 0.1) is 34.7 Å². The van der Waals surface area contributed by atoms with E-state index in [1.54, 1.807) is 43.0 Å². The lowest BCUT2D eigenvalue weighted by Gasteiger charge is -2.43. The smallest absolute Gasteiger partial charge is 0.338 e. The van der Waals surface area contributed by atoms with Crippen LogP contribution in [0.3, 0.4) is 0 Å². The van der Waals surface area contributed by atoms with Crippen LogP contribution in [0.25, 0.3) is 0 Å². The average molecular weight is 696 g/mol. The van der Waals surface area contributed by atoms with E-state index < -0.39 is 5.97 Å². The van der Waals surface area contributed by atoms with Crippen molar-refractivity contribution < 1.29 is 28.7 Å². The topological polar surface area (TPSA) is 135 Å². The Balaban J connectivity index is 0.996. The summed E-state index contributed by atoms with van der Waals surface area (Å²) in [5, 5.41) is 3.71. The summed E-state index contributed by atoms with van der Waals surface area (Å²) in [7, 11) is 0. The number of hydrogen-bond donors (Lipinski definition) is 2. The largest absolute Gasteiger partial charge is 0.484 e. The van der Waals surface area contributed by atoms with Crippen LogP contribution in [0, 0.1) is 36.5 Å². The van der Waals surface area contributed by atoms with E-state index in [2.05, 4.69) is 10.3 Å². The van der Waals surface area contributed by atoms with Gasteiger partial charge in [0.1, 0.15) is 5.75 Å². The zero-order chi connectivity index (χ0) is 34.0. The van der Waals surface area contributed by atoms with Gasteiger partial charge in [0.15, 0.2) is 6.61 Å². The number of H-pyrrole nitrogens is 1. The van der Waals surface area contributed by atoms with Crippen LogP contribution in [-0.2, 0) is 19.1 Å². The Morgan fingerprint density at radius 3 is 2.31 bits per heavy atom. The molecule has 4 aromatic rings. The van der Waals surface area contributed by atoms with E-state index in [9.17, 15) is 24.0 Å². The van der Waals surface area contributed by atoms with Gasteiger partial charge in [-0.2, -0.15) is 0 Å². The molecule has 1 saturated heterocycles. The highest BCUT2D eigenvalue weighted by Crippen LogP contribution is 2.68. The van der Waals surface area contributed by atoms with E-state index in [0.717, 1.165) is 27.5 Å². The number of rotatable bonds is 8. The summed E-state index contributed by atoms with van der Waals surface area (Å²) in [5.41, 5.74) is 3.62. The van der Waals surface area contributed by atoms with E-state index >= 15 is 0 Å². The molecule has 0 spiro atoms. The molecular formula is C37H33N3O7S2. The summed E-state index contributed by atoms with van der Waals surface area (Å²) < 4.78 is 10.8. The maximum Gasteiger partial charge on any atom is 0.338 e. The maximum atomic E-state index is 14.0. The van der Waals surface area contributed by atoms with Gasteiger partial charge in [0.25, 0.3) is 5.91 Å². The minimum atomic E-state index is -0.423. The van der Waals surface area contributed by atoms with Gasteiger partial charge in [-0.15, -0.1) is 11.8 Å². The Hall–Kier alpha value is -4.68. The molecule has 3 heterocycles. The number of amides is 3. The number of aryl methyl sites for hydroxylation is 1. The van der Waals surface area contributed by atoms with Gasteiger partial charge in [-0.3, -0.25) is 24.1 Å². The molecule has 10 nitrogen and oxygen atoms in total. The fourth-order valence-corrected chi connectivity index (χ4v) is 11.2. The van der Waals surface area contributed by atoms with Crippen molar-refractivity contribution in [2.75, 3.05) is 23.4 Å². The van der Waals surface area contributed by atoms with Gasteiger partial charge < -0.3 is 19.8 Å². The molecular weight excluding hydrogens is 663 g/mol. The normalized spacial score (nSPS) is 26.2.